The first-order chi connectivity index (χ1) is 9.99. The van der Waals surface area contributed by atoms with Gasteiger partial charge in [0.15, 0.2) is 0 Å². The number of hydrogen-bond donors (Lipinski definition) is 1. The highest BCUT2D eigenvalue weighted by molar-refractivity contribution is 6.30. The average molecular weight is 311 g/mol. The summed E-state index contributed by atoms with van der Waals surface area (Å²) < 4.78 is 26.4. The second kappa shape index (κ2) is 6.98. The van der Waals surface area contributed by atoms with Crippen molar-refractivity contribution in [3.8, 4) is 0 Å². The Morgan fingerprint density at radius 3 is 2.33 bits per heavy atom. The fraction of sp³-hybridized carbons (Fsp3) is 0.250. The van der Waals surface area contributed by atoms with Crippen molar-refractivity contribution in [1.82, 2.24) is 4.90 Å². The van der Waals surface area contributed by atoms with Crippen molar-refractivity contribution < 1.29 is 8.78 Å². The van der Waals surface area contributed by atoms with Crippen molar-refractivity contribution in [3.63, 3.8) is 0 Å². The molecule has 2 nitrogen and oxygen atoms in total. The van der Waals surface area contributed by atoms with E-state index < -0.39 is 0 Å². The highest BCUT2D eigenvalue weighted by Gasteiger charge is 2.17. The molecule has 0 saturated carbocycles. The van der Waals surface area contributed by atoms with Crippen molar-refractivity contribution in [1.29, 1.82) is 0 Å². The zero-order valence-electron chi connectivity index (χ0n) is 11.7. The smallest absolute Gasteiger partial charge is 0.125 e. The number of hydrogen-bond acceptors (Lipinski definition) is 2. The van der Waals surface area contributed by atoms with Gasteiger partial charge in [0.2, 0.25) is 0 Å². The molecule has 0 aliphatic carbocycles. The highest BCUT2D eigenvalue weighted by atomic mass is 35.5. The Labute approximate surface area is 128 Å². The van der Waals surface area contributed by atoms with Crippen LogP contribution in [0.4, 0.5) is 8.78 Å². The molecule has 0 saturated heterocycles. The minimum absolute atomic E-state index is 0.164. The molecule has 0 bridgehead atoms. The summed E-state index contributed by atoms with van der Waals surface area (Å²) >= 11 is 5.89. The van der Waals surface area contributed by atoms with Gasteiger partial charge in [0.25, 0.3) is 0 Å². The molecule has 2 rings (SSSR count). The van der Waals surface area contributed by atoms with Crippen LogP contribution in [0.5, 0.6) is 0 Å². The topological polar surface area (TPSA) is 29.3 Å². The molecule has 21 heavy (non-hydrogen) atoms. The lowest BCUT2D eigenvalue weighted by atomic mass is 10.0. The second-order valence-corrected chi connectivity index (χ2v) is 5.43. The van der Waals surface area contributed by atoms with Crippen LogP contribution in [0.25, 0.3) is 0 Å². The van der Waals surface area contributed by atoms with E-state index in [9.17, 15) is 8.78 Å². The number of rotatable bonds is 5. The molecular formula is C16H17ClF2N2. The SMILES string of the molecule is CN(Cc1ccc(F)cc1)C(CN)c1cc(F)cc(Cl)c1. The van der Waals surface area contributed by atoms with Gasteiger partial charge in [-0.3, -0.25) is 4.90 Å². The summed E-state index contributed by atoms with van der Waals surface area (Å²) in [5.41, 5.74) is 7.50. The van der Waals surface area contributed by atoms with Crippen LogP contribution in [-0.4, -0.2) is 18.5 Å². The lowest BCUT2D eigenvalue weighted by Crippen LogP contribution is -2.30. The lowest BCUT2D eigenvalue weighted by Gasteiger charge is -2.27. The van der Waals surface area contributed by atoms with Crippen LogP contribution in [0.1, 0.15) is 17.2 Å². The minimum atomic E-state index is -0.383. The first-order valence-electron chi connectivity index (χ1n) is 6.60. The van der Waals surface area contributed by atoms with Gasteiger partial charge >= 0.3 is 0 Å². The molecule has 0 aliphatic heterocycles. The van der Waals surface area contributed by atoms with Crippen LogP contribution in [0.3, 0.4) is 0 Å². The van der Waals surface area contributed by atoms with Crippen molar-refractivity contribution in [2.24, 2.45) is 5.73 Å². The maximum absolute atomic E-state index is 13.5. The van der Waals surface area contributed by atoms with Gasteiger partial charge in [-0.2, -0.15) is 0 Å². The van der Waals surface area contributed by atoms with Crippen molar-refractivity contribution in [3.05, 3.63) is 70.2 Å². The predicted octanol–water partition coefficient (Wildman–Crippen LogP) is 3.75. The zero-order chi connectivity index (χ0) is 15.4. The van der Waals surface area contributed by atoms with Gasteiger partial charge < -0.3 is 5.73 Å². The molecule has 2 aromatic rings. The fourth-order valence-corrected chi connectivity index (χ4v) is 2.56. The van der Waals surface area contributed by atoms with E-state index in [2.05, 4.69) is 0 Å². The van der Waals surface area contributed by atoms with Gasteiger partial charge in [-0.1, -0.05) is 23.7 Å². The van der Waals surface area contributed by atoms with Crippen LogP contribution >= 0.6 is 11.6 Å². The molecule has 2 N–H and O–H groups in total. The third-order valence-electron chi connectivity index (χ3n) is 3.37. The summed E-state index contributed by atoms with van der Waals surface area (Å²) in [4.78, 5) is 1.98. The summed E-state index contributed by atoms with van der Waals surface area (Å²) in [7, 11) is 1.89. The molecule has 0 fully saturated rings. The summed E-state index contributed by atoms with van der Waals surface area (Å²) in [6.07, 6.45) is 0. The third kappa shape index (κ3) is 4.24. The quantitative estimate of drug-likeness (QED) is 0.911. The van der Waals surface area contributed by atoms with Crippen LogP contribution in [0.2, 0.25) is 5.02 Å². The van der Waals surface area contributed by atoms with Crippen molar-refractivity contribution >= 4 is 11.6 Å². The van der Waals surface area contributed by atoms with E-state index in [1.807, 2.05) is 11.9 Å². The molecule has 1 unspecified atom stereocenters. The standard InChI is InChI=1S/C16H17ClF2N2/c1-21(10-11-2-4-14(18)5-3-11)16(9-20)12-6-13(17)8-15(19)7-12/h2-8,16H,9-10,20H2,1H3. The van der Waals surface area contributed by atoms with Gasteiger partial charge in [0, 0.05) is 24.2 Å². The summed E-state index contributed by atoms with van der Waals surface area (Å²) in [6.45, 7) is 0.910. The normalized spacial score (nSPS) is 12.7. The lowest BCUT2D eigenvalue weighted by molar-refractivity contribution is 0.241. The molecule has 1 atom stereocenters. The molecule has 5 heteroatoms. The molecule has 0 radical (unpaired) electrons. The largest absolute Gasteiger partial charge is 0.329 e. The Balaban J connectivity index is 2.17. The van der Waals surface area contributed by atoms with E-state index in [1.165, 1.54) is 24.3 Å². The number of likely N-dealkylation sites (N-methyl/N-ethyl adjacent to an activating group) is 1. The van der Waals surface area contributed by atoms with Crippen LogP contribution in [0, 0.1) is 11.6 Å². The number of nitrogens with two attached hydrogens (primary N) is 1. The number of nitrogens with zero attached hydrogens (tertiary/aromatic N) is 1. The molecule has 0 aliphatic rings. The summed E-state index contributed by atoms with van der Waals surface area (Å²) in [5, 5.41) is 0.346. The molecular weight excluding hydrogens is 294 g/mol. The van der Waals surface area contributed by atoms with Crippen LogP contribution < -0.4 is 5.73 Å². The second-order valence-electron chi connectivity index (χ2n) is 5.00. The first kappa shape index (κ1) is 15.9. The Morgan fingerprint density at radius 1 is 1.10 bits per heavy atom. The van der Waals surface area contributed by atoms with E-state index >= 15 is 0 Å². The Morgan fingerprint density at radius 2 is 1.76 bits per heavy atom. The zero-order valence-corrected chi connectivity index (χ0v) is 12.4. The molecule has 0 heterocycles. The van der Waals surface area contributed by atoms with E-state index in [0.29, 0.717) is 18.1 Å². The average Bonchev–Trinajstić information content (AvgIpc) is 2.41. The molecule has 0 spiro atoms. The van der Waals surface area contributed by atoms with E-state index in [0.717, 1.165) is 11.1 Å². The Bertz CT molecular complexity index is 581. The monoisotopic (exact) mass is 310 g/mol. The predicted molar refractivity (Wildman–Crippen MR) is 81.1 cm³/mol. The summed E-state index contributed by atoms with van der Waals surface area (Å²) in [6, 6.07) is 10.5. The van der Waals surface area contributed by atoms with Gasteiger partial charge in [0.1, 0.15) is 11.6 Å². The summed E-state index contributed by atoms with van der Waals surface area (Å²) in [5.74, 6) is -0.653. The van der Waals surface area contributed by atoms with E-state index in [4.69, 9.17) is 17.3 Å². The molecule has 0 amide bonds. The van der Waals surface area contributed by atoms with Gasteiger partial charge in [-0.05, 0) is 48.5 Å². The molecule has 0 aromatic heterocycles. The van der Waals surface area contributed by atoms with Gasteiger partial charge in [-0.25, -0.2) is 8.78 Å². The first-order valence-corrected chi connectivity index (χ1v) is 6.98. The van der Waals surface area contributed by atoms with E-state index in [-0.39, 0.29) is 17.7 Å². The fourth-order valence-electron chi connectivity index (χ4n) is 2.33. The van der Waals surface area contributed by atoms with Crippen molar-refractivity contribution in [2.45, 2.75) is 12.6 Å². The van der Waals surface area contributed by atoms with Crippen LogP contribution in [0.15, 0.2) is 42.5 Å². The maximum atomic E-state index is 13.5. The van der Waals surface area contributed by atoms with Gasteiger partial charge in [-0.15, -0.1) is 0 Å². The molecule has 2 aromatic carbocycles. The number of halogens is 3. The third-order valence-corrected chi connectivity index (χ3v) is 3.59. The molecule has 112 valence electrons. The number of benzene rings is 2. The van der Waals surface area contributed by atoms with E-state index in [1.54, 1.807) is 18.2 Å². The van der Waals surface area contributed by atoms with Gasteiger partial charge in [0.05, 0.1) is 0 Å². The Hall–Kier alpha value is -1.49. The van der Waals surface area contributed by atoms with Crippen molar-refractivity contribution in [2.75, 3.05) is 13.6 Å². The van der Waals surface area contributed by atoms with Crippen LogP contribution in [-0.2, 0) is 6.54 Å². The Kier molecular flexibility index (Phi) is 5.28. The minimum Gasteiger partial charge on any atom is -0.329 e. The maximum Gasteiger partial charge on any atom is 0.125 e. The highest BCUT2D eigenvalue weighted by Crippen LogP contribution is 2.24.